The minimum atomic E-state index is 0.322. The lowest BCUT2D eigenvalue weighted by molar-refractivity contribution is 0.0188. The van der Waals surface area contributed by atoms with Gasteiger partial charge >= 0.3 is 0 Å². The SMILES string of the molecule is CNCC(C)OC1C=CCCC1. The van der Waals surface area contributed by atoms with Gasteiger partial charge in [0.2, 0.25) is 0 Å². The Morgan fingerprint density at radius 1 is 1.67 bits per heavy atom. The van der Waals surface area contributed by atoms with Crippen molar-refractivity contribution in [3.8, 4) is 0 Å². The van der Waals surface area contributed by atoms with E-state index in [0.717, 1.165) is 6.54 Å². The average molecular weight is 169 g/mol. The van der Waals surface area contributed by atoms with Gasteiger partial charge in [0.15, 0.2) is 0 Å². The Bertz CT molecular complexity index is 145. The quantitative estimate of drug-likeness (QED) is 0.647. The van der Waals surface area contributed by atoms with Crippen LogP contribution < -0.4 is 5.32 Å². The second kappa shape index (κ2) is 5.33. The molecule has 0 bridgehead atoms. The van der Waals surface area contributed by atoms with Gasteiger partial charge in [-0.1, -0.05) is 12.2 Å². The summed E-state index contributed by atoms with van der Waals surface area (Å²) >= 11 is 0. The number of rotatable bonds is 4. The third-order valence-electron chi connectivity index (χ3n) is 2.11. The first-order valence-electron chi connectivity index (χ1n) is 4.79. The minimum absolute atomic E-state index is 0.322. The molecular weight excluding hydrogens is 150 g/mol. The Kier molecular flexibility index (Phi) is 4.33. The summed E-state index contributed by atoms with van der Waals surface area (Å²) in [7, 11) is 1.95. The van der Waals surface area contributed by atoms with Crippen LogP contribution in [0.3, 0.4) is 0 Å². The molecule has 0 aromatic carbocycles. The van der Waals surface area contributed by atoms with Crippen LogP contribution in [0.1, 0.15) is 26.2 Å². The summed E-state index contributed by atoms with van der Waals surface area (Å²) in [6, 6.07) is 0. The molecule has 0 radical (unpaired) electrons. The van der Waals surface area contributed by atoms with Crippen molar-refractivity contribution in [2.45, 2.75) is 38.4 Å². The fourth-order valence-electron chi connectivity index (χ4n) is 1.53. The zero-order valence-corrected chi connectivity index (χ0v) is 8.05. The molecule has 2 atom stereocenters. The number of allylic oxidation sites excluding steroid dienone is 1. The van der Waals surface area contributed by atoms with Crippen LogP contribution in [-0.4, -0.2) is 25.8 Å². The van der Waals surface area contributed by atoms with Gasteiger partial charge in [0.05, 0.1) is 12.2 Å². The number of hydrogen-bond donors (Lipinski definition) is 1. The fourth-order valence-corrected chi connectivity index (χ4v) is 1.53. The van der Waals surface area contributed by atoms with E-state index in [9.17, 15) is 0 Å². The van der Waals surface area contributed by atoms with Gasteiger partial charge in [-0.2, -0.15) is 0 Å². The summed E-state index contributed by atoms with van der Waals surface area (Å²) in [5.41, 5.74) is 0. The summed E-state index contributed by atoms with van der Waals surface area (Å²) in [4.78, 5) is 0. The van der Waals surface area contributed by atoms with Crippen molar-refractivity contribution < 1.29 is 4.74 Å². The topological polar surface area (TPSA) is 21.3 Å². The lowest BCUT2D eigenvalue weighted by Gasteiger charge is -2.21. The molecule has 1 rings (SSSR count). The van der Waals surface area contributed by atoms with Gasteiger partial charge in [0.1, 0.15) is 0 Å². The van der Waals surface area contributed by atoms with Crippen LogP contribution in [-0.2, 0) is 4.74 Å². The number of hydrogen-bond acceptors (Lipinski definition) is 2. The van der Waals surface area contributed by atoms with Crippen LogP contribution in [0, 0.1) is 0 Å². The predicted octanol–water partition coefficient (Wildman–Crippen LogP) is 1.72. The first kappa shape index (κ1) is 9.75. The lowest BCUT2D eigenvalue weighted by Crippen LogP contribution is -2.28. The highest BCUT2D eigenvalue weighted by molar-refractivity contribution is 4.94. The van der Waals surface area contributed by atoms with Crippen molar-refractivity contribution in [1.29, 1.82) is 0 Å². The summed E-state index contributed by atoms with van der Waals surface area (Å²) < 4.78 is 5.78. The fraction of sp³-hybridized carbons (Fsp3) is 0.800. The highest BCUT2D eigenvalue weighted by Crippen LogP contribution is 2.14. The molecule has 0 aromatic heterocycles. The van der Waals surface area contributed by atoms with Crippen molar-refractivity contribution in [3.05, 3.63) is 12.2 Å². The zero-order valence-electron chi connectivity index (χ0n) is 8.05. The summed E-state index contributed by atoms with van der Waals surface area (Å²) in [6.07, 6.45) is 8.78. The Morgan fingerprint density at radius 2 is 2.50 bits per heavy atom. The molecule has 2 unspecified atom stereocenters. The van der Waals surface area contributed by atoms with Gasteiger partial charge in [0, 0.05) is 6.54 Å². The highest BCUT2D eigenvalue weighted by atomic mass is 16.5. The predicted molar refractivity (Wildman–Crippen MR) is 51.3 cm³/mol. The van der Waals surface area contributed by atoms with E-state index < -0.39 is 0 Å². The molecule has 0 amide bonds. The monoisotopic (exact) mass is 169 g/mol. The molecule has 0 aliphatic heterocycles. The second-order valence-corrected chi connectivity index (χ2v) is 3.40. The van der Waals surface area contributed by atoms with Crippen molar-refractivity contribution in [2.75, 3.05) is 13.6 Å². The van der Waals surface area contributed by atoms with Gasteiger partial charge in [-0.15, -0.1) is 0 Å². The first-order valence-corrected chi connectivity index (χ1v) is 4.79. The maximum atomic E-state index is 5.78. The average Bonchev–Trinajstić information content (AvgIpc) is 2.06. The molecular formula is C10H19NO. The number of likely N-dealkylation sites (N-methyl/N-ethyl adjacent to an activating group) is 1. The van der Waals surface area contributed by atoms with Gasteiger partial charge in [0.25, 0.3) is 0 Å². The maximum Gasteiger partial charge on any atom is 0.0760 e. The van der Waals surface area contributed by atoms with Crippen LogP contribution >= 0.6 is 0 Å². The molecule has 0 saturated carbocycles. The third kappa shape index (κ3) is 3.37. The van der Waals surface area contributed by atoms with Crippen molar-refractivity contribution in [2.24, 2.45) is 0 Å². The highest BCUT2D eigenvalue weighted by Gasteiger charge is 2.11. The molecule has 0 spiro atoms. The van der Waals surface area contributed by atoms with E-state index >= 15 is 0 Å². The summed E-state index contributed by atoms with van der Waals surface area (Å²) in [6.45, 7) is 3.04. The molecule has 1 aliphatic carbocycles. The standard InChI is InChI=1S/C10H19NO/c1-9(8-11-2)12-10-6-4-3-5-7-10/h4,6,9-11H,3,5,7-8H2,1-2H3. The summed E-state index contributed by atoms with van der Waals surface area (Å²) in [5.74, 6) is 0. The van der Waals surface area contributed by atoms with E-state index in [0.29, 0.717) is 12.2 Å². The van der Waals surface area contributed by atoms with Crippen LogP contribution in [0.4, 0.5) is 0 Å². The van der Waals surface area contributed by atoms with E-state index in [1.807, 2.05) is 7.05 Å². The van der Waals surface area contributed by atoms with E-state index in [4.69, 9.17) is 4.74 Å². The molecule has 0 aromatic rings. The number of nitrogens with one attached hydrogen (secondary N) is 1. The van der Waals surface area contributed by atoms with Crippen molar-refractivity contribution in [3.63, 3.8) is 0 Å². The van der Waals surface area contributed by atoms with E-state index in [1.165, 1.54) is 19.3 Å². The second-order valence-electron chi connectivity index (χ2n) is 3.40. The molecule has 0 fully saturated rings. The normalized spacial score (nSPS) is 25.7. The maximum absolute atomic E-state index is 5.78. The molecule has 1 aliphatic rings. The molecule has 2 heteroatoms. The molecule has 1 N–H and O–H groups in total. The van der Waals surface area contributed by atoms with Crippen LogP contribution in [0.15, 0.2) is 12.2 Å². The molecule has 12 heavy (non-hydrogen) atoms. The largest absolute Gasteiger partial charge is 0.370 e. The Labute approximate surface area is 75.0 Å². The van der Waals surface area contributed by atoms with Gasteiger partial charge in [-0.25, -0.2) is 0 Å². The molecule has 0 saturated heterocycles. The van der Waals surface area contributed by atoms with Crippen LogP contribution in [0.2, 0.25) is 0 Å². The van der Waals surface area contributed by atoms with Crippen molar-refractivity contribution >= 4 is 0 Å². The van der Waals surface area contributed by atoms with E-state index in [2.05, 4.69) is 24.4 Å². The lowest BCUT2D eigenvalue weighted by atomic mass is 10.1. The van der Waals surface area contributed by atoms with Crippen LogP contribution in [0.5, 0.6) is 0 Å². The third-order valence-corrected chi connectivity index (χ3v) is 2.11. The van der Waals surface area contributed by atoms with Gasteiger partial charge in [-0.05, 0) is 33.2 Å². The van der Waals surface area contributed by atoms with Gasteiger partial charge in [-0.3, -0.25) is 0 Å². The van der Waals surface area contributed by atoms with Crippen LogP contribution in [0.25, 0.3) is 0 Å². The summed E-state index contributed by atoms with van der Waals surface area (Å²) in [5, 5.41) is 3.11. The zero-order chi connectivity index (χ0) is 8.81. The molecule has 70 valence electrons. The minimum Gasteiger partial charge on any atom is -0.370 e. The Hall–Kier alpha value is -0.340. The number of ether oxygens (including phenoxy) is 1. The molecule has 2 nitrogen and oxygen atoms in total. The van der Waals surface area contributed by atoms with E-state index in [-0.39, 0.29) is 0 Å². The van der Waals surface area contributed by atoms with Gasteiger partial charge < -0.3 is 10.1 Å². The molecule has 0 heterocycles. The smallest absolute Gasteiger partial charge is 0.0760 e. The Morgan fingerprint density at radius 3 is 3.08 bits per heavy atom. The van der Waals surface area contributed by atoms with E-state index in [1.54, 1.807) is 0 Å². The Balaban J connectivity index is 2.20. The van der Waals surface area contributed by atoms with Crippen molar-refractivity contribution in [1.82, 2.24) is 5.32 Å². The first-order chi connectivity index (χ1) is 5.83.